The van der Waals surface area contributed by atoms with Gasteiger partial charge in [0.25, 0.3) is 0 Å². The fraction of sp³-hybridized carbons (Fsp3) is 0.478. The smallest absolute Gasteiger partial charge is 0.0595 e. The van der Waals surface area contributed by atoms with Crippen molar-refractivity contribution in [1.82, 2.24) is 5.43 Å². The lowest BCUT2D eigenvalue weighted by atomic mass is 9.54. The normalized spacial score (nSPS) is 31.5. The molecule has 4 fully saturated rings. The minimum absolute atomic E-state index is 0. The van der Waals surface area contributed by atoms with Gasteiger partial charge in [0, 0.05) is 6.04 Å². The number of anilines is 1. The van der Waals surface area contributed by atoms with Gasteiger partial charge in [0.05, 0.1) is 12.2 Å². The summed E-state index contributed by atoms with van der Waals surface area (Å²) in [5.74, 6) is 3.83. The summed E-state index contributed by atoms with van der Waals surface area (Å²) in [6, 6.07) is 22.4. The molecule has 0 amide bonds. The summed E-state index contributed by atoms with van der Waals surface area (Å²) in [6.07, 6.45) is 7.35. The summed E-state index contributed by atoms with van der Waals surface area (Å²) >= 11 is 0. The quantitative estimate of drug-likeness (QED) is 0.706. The lowest BCUT2D eigenvalue weighted by Gasteiger charge is -2.55. The second-order valence-corrected chi connectivity index (χ2v) is 8.49. The van der Waals surface area contributed by atoms with E-state index in [4.69, 9.17) is 0 Å². The molecule has 4 aliphatic carbocycles. The van der Waals surface area contributed by atoms with Crippen molar-refractivity contribution in [3.8, 4) is 0 Å². The van der Waals surface area contributed by atoms with E-state index in [-0.39, 0.29) is 12.4 Å². The maximum Gasteiger partial charge on any atom is 0.0595 e. The minimum atomic E-state index is 0. The summed E-state index contributed by atoms with van der Waals surface area (Å²) in [5, 5.41) is 2.41. The van der Waals surface area contributed by atoms with Crippen LogP contribution in [0.25, 0.3) is 0 Å². The van der Waals surface area contributed by atoms with Gasteiger partial charge in [-0.05, 0) is 73.5 Å². The number of hydrogen-bond acceptors (Lipinski definition) is 2. The number of rotatable bonds is 5. The van der Waals surface area contributed by atoms with Gasteiger partial charge in [0.2, 0.25) is 0 Å². The Labute approximate surface area is 163 Å². The van der Waals surface area contributed by atoms with Crippen LogP contribution in [0, 0.1) is 23.7 Å². The number of para-hydroxylation sites is 1. The van der Waals surface area contributed by atoms with E-state index in [0.717, 1.165) is 30.2 Å². The van der Waals surface area contributed by atoms with Crippen molar-refractivity contribution in [2.45, 2.75) is 44.7 Å². The van der Waals surface area contributed by atoms with Gasteiger partial charge in [0.15, 0.2) is 0 Å². The zero-order valence-corrected chi connectivity index (χ0v) is 16.1. The first-order chi connectivity index (χ1) is 12.3. The molecular formula is C23H29ClN2. The second kappa shape index (κ2) is 7.62. The van der Waals surface area contributed by atoms with Gasteiger partial charge in [-0.3, -0.25) is 0 Å². The number of hydrazine groups is 1. The molecular weight excluding hydrogens is 340 g/mol. The third kappa shape index (κ3) is 3.50. The maximum absolute atomic E-state index is 4.00. The van der Waals surface area contributed by atoms with Crippen LogP contribution in [-0.4, -0.2) is 6.04 Å². The number of hydrogen-bond donors (Lipinski definition) is 1. The van der Waals surface area contributed by atoms with E-state index in [1.807, 2.05) is 0 Å². The van der Waals surface area contributed by atoms with Gasteiger partial charge in [0.1, 0.15) is 0 Å². The van der Waals surface area contributed by atoms with Crippen LogP contribution in [0.1, 0.15) is 37.7 Å². The van der Waals surface area contributed by atoms with Gasteiger partial charge < -0.3 is 5.01 Å². The Morgan fingerprint density at radius 2 is 1.27 bits per heavy atom. The van der Waals surface area contributed by atoms with Crippen molar-refractivity contribution in [1.29, 1.82) is 0 Å². The van der Waals surface area contributed by atoms with E-state index in [1.54, 1.807) is 0 Å². The highest BCUT2D eigenvalue weighted by atomic mass is 35.5. The lowest BCUT2D eigenvalue weighted by molar-refractivity contribution is -0.0149. The van der Waals surface area contributed by atoms with Crippen LogP contribution < -0.4 is 10.4 Å². The molecule has 2 aromatic carbocycles. The predicted octanol–water partition coefficient (Wildman–Crippen LogP) is 5.44. The molecule has 0 aromatic heterocycles. The van der Waals surface area contributed by atoms with Gasteiger partial charge in [-0.15, -0.1) is 12.4 Å². The molecule has 0 atom stereocenters. The zero-order chi connectivity index (χ0) is 16.6. The van der Waals surface area contributed by atoms with Crippen LogP contribution in [0.3, 0.4) is 0 Å². The molecule has 1 N–H and O–H groups in total. The summed E-state index contributed by atoms with van der Waals surface area (Å²) in [7, 11) is 0. The Kier molecular flexibility index (Phi) is 5.24. The molecule has 0 unspecified atom stereocenters. The number of nitrogens with zero attached hydrogens (tertiary/aromatic N) is 1. The molecule has 4 bridgehead atoms. The zero-order valence-electron chi connectivity index (χ0n) is 15.3. The molecule has 4 aliphatic rings. The van der Waals surface area contributed by atoms with Gasteiger partial charge in [-0.1, -0.05) is 48.5 Å². The molecule has 6 rings (SSSR count). The van der Waals surface area contributed by atoms with E-state index in [1.165, 1.54) is 43.4 Å². The van der Waals surface area contributed by atoms with E-state index in [2.05, 4.69) is 71.1 Å². The molecule has 4 saturated carbocycles. The minimum Gasteiger partial charge on any atom is -0.304 e. The highest BCUT2D eigenvalue weighted by Gasteiger charge is 2.48. The third-order valence-electron chi connectivity index (χ3n) is 6.78. The van der Waals surface area contributed by atoms with Crippen LogP contribution >= 0.6 is 12.4 Å². The van der Waals surface area contributed by atoms with E-state index < -0.39 is 0 Å². The largest absolute Gasteiger partial charge is 0.304 e. The van der Waals surface area contributed by atoms with Crippen LogP contribution in [-0.2, 0) is 6.54 Å². The number of halogens is 1. The highest BCUT2D eigenvalue weighted by molar-refractivity contribution is 5.85. The highest BCUT2D eigenvalue weighted by Crippen LogP contribution is 2.53. The van der Waals surface area contributed by atoms with Crippen molar-refractivity contribution < 1.29 is 0 Å². The Morgan fingerprint density at radius 1 is 0.731 bits per heavy atom. The Balaban J connectivity index is 0.00000168. The topological polar surface area (TPSA) is 15.3 Å². The Morgan fingerprint density at radius 3 is 1.85 bits per heavy atom. The molecule has 0 spiro atoms. The molecule has 0 radical (unpaired) electrons. The SMILES string of the molecule is Cl.c1ccc(CN(NC2C3CC4CC(C3)CC2C4)c2ccccc2)cc1. The average Bonchev–Trinajstić information content (AvgIpc) is 2.65. The van der Waals surface area contributed by atoms with Crippen molar-refractivity contribution >= 4 is 18.1 Å². The van der Waals surface area contributed by atoms with Gasteiger partial charge >= 0.3 is 0 Å². The summed E-state index contributed by atoms with van der Waals surface area (Å²) in [5.41, 5.74) is 6.64. The van der Waals surface area contributed by atoms with E-state index in [9.17, 15) is 0 Å². The van der Waals surface area contributed by atoms with Crippen molar-refractivity contribution in [3.05, 3.63) is 66.2 Å². The maximum atomic E-state index is 4.00. The molecule has 138 valence electrons. The fourth-order valence-corrected chi connectivity index (χ4v) is 5.90. The van der Waals surface area contributed by atoms with E-state index in [0.29, 0.717) is 6.04 Å². The lowest BCUT2D eigenvalue weighted by Crippen LogP contribution is -2.58. The first kappa shape index (κ1) is 17.9. The molecule has 0 saturated heterocycles. The summed E-state index contributed by atoms with van der Waals surface area (Å²) in [6.45, 7) is 0.924. The number of nitrogens with one attached hydrogen (secondary N) is 1. The van der Waals surface area contributed by atoms with Crippen molar-refractivity contribution in [2.24, 2.45) is 23.7 Å². The van der Waals surface area contributed by atoms with Crippen LogP contribution in [0.5, 0.6) is 0 Å². The summed E-state index contributed by atoms with van der Waals surface area (Å²) in [4.78, 5) is 0. The van der Waals surface area contributed by atoms with Gasteiger partial charge in [-0.2, -0.15) is 0 Å². The van der Waals surface area contributed by atoms with Crippen LogP contribution in [0.4, 0.5) is 5.69 Å². The van der Waals surface area contributed by atoms with Crippen LogP contribution in [0.2, 0.25) is 0 Å². The monoisotopic (exact) mass is 368 g/mol. The standard InChI is InChI=1S/C23H28N2.ClH/c1-3-7-17(8-4-1)16-25(22-9-5-2-6-10-22)24-23-20-12-18-11-19(14-20)15-21(23)13-18;/h1-10,18-21,23-24H,11-16H2;1H. The molecule has 2 nitrogen and oxygen atoms in total. The first-order valence-electron chi connectivity index (χ1n) is 9.98. The second-order valence-electron chi connectivity index (χ2n) is 8.49. The number of benzene rings is 2. The molecule has 0 aliphatic heterocycles. The van der Waals surface area contributed by atoms with Crippen molar-refractivity contribution in [3.63, 3.8) is 0 Å². The Hall–Kier alpha value is -1.51. The van der Waals surface area contributed by atoms with Crippen LogP contribution in [0.15, 0.2) is 60.7 Å². The first-order valence-corrected chi connectivity index (χ1v) is 9.98. The Bertz CT molecular complexity index is 675. The molecule has 3 heteroatoms. The molecule has 26 heavy (non-hydrogen) atoms. The van der Waals surface area contributed by atoms with E-state index >= 15 is 0 Å². The summed E-state index contributed by atoms with van der Waals surface area (Å²) < 4.78 is 0. The average molecular weight is 369 g/mol. The molecule has 2 aromatic rings. The van der Waals surface area contributed by atoms with Gasteiger partial charge in [-0.25, -0.2) is 5.43 Å². The fourth-order valence-electron chi connectivity index (χ4n) is 5.90. The third-order valence-corrected chi connectivity index (χ3v) is 6.78. The molecule has 0 heterocycles. The van der Waals surface area contributed by atoms with Crippen molar-refractivity contribution in [2.75, 3.05) is 5.01 Å². The predicted molar refractivity (Wildman–Crippen MR) is 110 cm³/mol.